The van der Waals surface area contributed by atoms with Crippen LogP contribution in [-0.2, 0) is 0 Å². The van der Waals surface area contributed by atoms with E-state index in [4.69, 9.17) is 16.3 Å². The first-order valence-electron chi connectivity index (χ1n) is 5.17. The minimum Gasteiger partial charge on any atom is -0.438 e. The summed E-state index contributed by atoms with van der Waals surface area (Å²) in [4.78, 5) is 15.3. The van der Waals surface area contributed by atoms with E-state index in [0.717, 1.165) is 0 Å². The molecular weight excluding hydrogens is 257 g/mol. The number of nitrogens with zero attached hydrogens (tertiary/aromatic N) is 1. The lowest BCUT2D eigenvalue weighted by Crippen LogP contribution is -1.99. The van der Waals surface area contributed by atoms with E-state index >= 15 is 0 Å². The number of aromatic nitrogens is 1. The van der Waals surface area contributed by atoms with Gasteiger partial charge in [-0.2, -0.15) is 0 Å². The smallest absolute Gasteiger partial charge is 0.230 e. The molecule has 0 spiro atoms. The van der Waals surface area contributed by atoms with E-state index in [1.54, 1.807) is 12.1 Å². The molecule has 0 aliphatic heterocycles. The van der Waals surface area contributed by atoms with Crippen LogP contribution in [-0.4, -0.2) is 10.8 Å². The van der Waals surface area contributed by atoms with Crippen LogP contribution in [0, 0.1) is 5.82 Å². The topological polar surface area (TPSA) is 39.2 Å². The van der Waals surface area contributed by atoms with Gasteiger partial charge in [0.15, 0.2) is 5.78 Å². The molecule has 1 heterocycles. The molecule has 0 amide bonds. The van der Waals surface area contributed by atoms with E-state index in [1.807, 2.05) is 0 Å². The van der Waals surface area contributed by atoms with Crippen molar-refractivity contribution in [3.8, 4) is 11.6 Å². The van der Waals surface area contributed by atoms with E-state index in [0.29, 0.717) is 11.3 Å². The van der Waals surface area contributed by atoms with Crippen molar-refractivity contribution in [2.24, 2.45) is 0 Å². The molecule has 0 saturated heterocycles. The minimum atomic E-state index is -0.531. The van der Waals surface area contributed by atoms with Crippen LogP contribution in [0.15, 0.2) is 36.5 Å². The van der Waals surface area contributed by atoms with Crippen LogP contribution < -0.4 is 4.74 Å². The van der Waals surface area contributed by atoms with Gasteiger partial charge in [0.2, 0.25) is 5.88 Å². The molecule has 5 heteroatoms. The summed E-state index contributed by atoms with van der Waals surface area (Å²) in [6.45, 7) is 1.42. The molecule has 0 fully saturated rings. The third kappa shape index (κ3) is 2.65. The van der Waals surface area contributed by atoms with Crippen LogP contribution in [0.2, 0.25) is 5.02 Å². The van der Waals surface area contributed by atoms with Gasteiger partial charge in [-0.05, 0) is 31.2 Å². The summed E-state index contributed by atoms with van der Waals surface area (Å²) in [7, 11) is 0. The highest BCUT2D eigenvalue weighted by Crippen LogP contribution is 2.26. The number of ether oxygens (including phenoxy) is 1. The van der Waals surface area contributed by atoms with Gasteiger partial charge in [0.25, 0.3) is 0 Å². The molecule has 0 atom stereocenters. The number of Topliss-reactive ketones (excluding diaryl/α,β-unsaturated/α-hetero) is 1. The summed E-state index contributed by atoms with van der Waals surface area (Å²) in [6, 6.07) is 7.18. The highest BCUT2D eigenvalue weighted by molar-refractivity contribution is 6.30. The molecule has 0 saturated carbocycles. The molecule has 0 N–H and O–H groups in total. The van der Waals surface area contributed by atoms with Gasteiger partial charge in [-0.3, -0.25) is 4.79 Å². The quantitative estimate of drug-likeness (QED) is 0.791. The van der Waals surface area contributed by atoms with E-state index in [2.05, 4.69) is 4.98 Å². The summed E-state index contributed by atoms with van der Waals surface area (Å²) < 4.78 is 18.4. The first-order valence-corrected chi connectivity index (χ1v) is 5.54. The second-order valence-electron chi connectivity index (χ2n) is 3.59. The fourth-order valence-electron chi connectivity index (χ4n) is 1.39. The molecule has 0 aliphatic rings. The lowest BCUT2D eigenvalue weighted by Gasteiger charge is -2.08. The Balaban J connectivity index is 2.34. The number of rotatable bonds is 3. The Morgan fingerprint density at radius 1 is 1.39 bits per heavy atom. The van der Waals surface area contributed by atoms with Crippen LogP contribution in [0.1, 0.15) is 17.3 Å². The highest BCUT2D eigenvalue weighted by atomic mass is 35.5. The van der Waals surface area contributed by atoms with Crippen LogP contribution in [0.25, 0.3) is 0 Å². The average Bonchev–Trinajstić information content (AvgIpc) is 2.34. The zero-order chi connectivity index (χ0) is 13.1. The molecule has 18 heavy (non-hydrogen) atoms. The van der Waals surface area contributed by atoms with Crippen LogP contribution in [0.4, 0.5) is 4.39 Å². The standard InChI is InChI=1S/C13H9ClFNO2/c1-8(17)10-3-2-6-16-13(10)18-9-4-5-12(15)11(14)7-9/h2-7H,1H3. The Labute approximate surface area is 108 Å². The summed E-state index contributed by atoms with van der Waals surface area (Å²) in [5.74, 6) is -0.196. The molecule has 1 aromatic heterocycles. The lowest BCUT2D eigenvalue weighted by molar-refractivity contribution is 0.101. The predicted octanol–water partition coefficient (Wildman–Crippen LogP) is 3.87. The number of benzene rings is 1. The van der Waals surface area contributed by atoms with Gasteiger partial charge in [-0.25, -0.2) is 9.37 Å². The maximum Gasteiger partial charge on any atom is 0.230 e. The van der Waals surface area contributed by atoms with Crippen molar-refractivity contribution in [3.05, 3.63) is 52.9 Å². The monoisotopic (exact) mass is 265 g/mol. The van der Waals surface area contributed by atoms with Gasteiger partial charge >= 0.3 is 0 Å². The Hall–Kier alpha value is -1.94. The van der Waals surface area contributed by atoms with Gasteiger partial charge < -0.3 is 4.74 Å². The fourth-order valence-corrected chi connectivity index (χ4v) is 1.56. The van der Waals surface area contributed by atoms with Crippen LogP contribution in [0.3, 0.4) is 0 Å². The van der Waals surface area contributed by atoms with Crippen molar-refractivity contribution in [2.75, 3.05) is 0 Å². The van der Waals surface area contributed by atoms with E-state index < -0.39 is 5.82 Å². The average molecular weight is 266 g/mol. The maximum atomic E-state index is 13.0. The molecule has 0 aliphatic carbocycles. The molecule has 3 nitrogen and oxygen atoms in total. The van der Waals surface area contributed by atoms with E-state index in [1.165, 1.54) is 31.3 Å². The molecule has 1 aromatic carbocycles. The Morgan fingerprint density at radius 2 is 2.17 bits per heavy atom. The molecule has 0 unspecified atom stereocenters. The summed E-state index contributed by atoms with van der Waals surface area (Å²) >= 11 is 5.64. The second-order valence-corrected chi connectivity index (χ2v) is 4.00. The molecular formula is C13H9ClFNO2. The van der Waals surface area contributed by atoms with Crippen molar-refractivity contribution >= 4 is 17.4 Å². The number of hydrogen-bond acceptors (Lipinski definition) is 3. The van der Waals surface area contributed by atoms with Crippen molar-refractivity contribution in [3.63, 3.8) is 0 Å². The summed E-state index contributed by atoms with van der Waals surface area (Å²) in [6.07, 6.45) is 1.51. The maximum absolute atomic E-state index is 13.0. The summed E-state index contributed by atoms with van der Waals surface area (Å²) in [5.41, 5.74) is 0.359. The van der Waals surface area contributed by atoms with Gasteiger partial charge in [-0.1, -0.05) is 11.6 Å². The third-order valence-corrected chi connectivity index (χ3v) is 2.55. The van der Waals surface area contributed by atoms with Gasteiger partial charge in [-0.15, -0.1) is 0 Å². The summed E-state index contributed by atoms with van der Waals surface area (Å²) in [5, 5.41) is -0.0483. The normalized spacial score (nSPS) is 10.2. The van der Waals surface area contributed by atoms with Gasteiger partial charge in [0.1, 0.15) is 11.6 Å². The van der Waals surface area contributed by atoms with Crippen molar-refractivity contribution in [1.82, 2.24) is 4.98 Å². The van der Waals surface area contributed by atoms with Crippen molar-refractivity contribution < 1.29 is 13.9 Å². The molecule has 0 radical (unpaired) electrons. The van der Waals surface area contributed by atoms with E-state index in [-0.39, 0.29) is 16.7 Å². The molecule has 0 bridgehead atoms. The van der Waals surface area contributed by atoms with Crippen molar-refractivity contribution in [1.29, 1.82) is 0 Å². The largest absolute Gasteiger partial charge is 0.438 e. The van der Waals surface area contributed by atoms with Crippen molar-refractivity contribution in [2.45, 2.75) is 6.92 Å². The van der Waals surface area contributed by atoms with E-state index in [9.17, 15) is 9.18 Å². The zero-order valence-corrected chi connectivity index (χ0v) is 10.2. The van der Waals surface area contributed by atoms with Crippen LogP contribution >= 0.6 is 11.6 Å². The molecule has 2 aromatic rings. The molecule has 92 valence electrons. The third-order valence-electron chi connectivity index (χ3n) is 2.26. The predicted molar refractivity (Wildman–Crippen MR) is 65.7 cm³/mol. The number of carbonyl (C=O) groups is 1. The lowest BCUT2D eigenvalue weighted by atomic mass is 10.2. The number of hydrogen-bond donors (Lipinski definition) is 0. The van der Waals surface area contributed by atoms with Gasteiger partial charge in [0, 0.05) is 12.3 Å². The van der Waals surface area contributed by atoms with Crippen LogP contribution in [0.5, 0.6) is 11.6 Å². The SMILES string of the molecule is CC(=O)c1cccnc1Oc1ccc(F)c(Cl)c1. The minimum absolute atomic E-state index is 0.0483. The molecule has 2 rings (SSSR count). The number of carbonyl (C=O) groups excluding carboxylic acids is 1. The number of ketones is 1. The first-order chi connectivity index (χ1) is 8.58. The number of pyridine rings is 1. The zero-order valence-electron chi connectivity index (χ0n) is 9.48. The fraction of sp³-hybridized carbons (Fsp3) is 0.0769. The second kappa shape index (κ2) is 5.14. The Kier molecular flexibility index (Phi) is 3.58. The Morgan fingerprint density at radius 3 is 2.83 bits per heavy atom. The van der Waals surface area contributed by atoms with Gasteiger partial charge in [0.05, 0.1) is 10.6 Å². The number of halogens is 2. The first kappa shape index (κ1) is 12.5. The Bertz CT molecular complexity index is 601. The highest BCUT2D eigenvalue weighted by Gasteiger charge is 2.11.